The lowest BCUT2D eigenvalue weighted by atomic mass is 9.97. The molecule has 0 bridgehead atoms. The number of sulfonamides is 1. The van der Waals surface area contributed by atoms with Crippen molar-refractivity contribution in [1.82, 2.24) is 9.62 Å². The summed E-state index contributed by atoms with van der Waals surface area (Å²) in [5, 5.41) is 5.71. The molecule has 2 aromatic carbocycles. The first-order chi connectivity index (χ1) is 14.9. The minimum atomic E-state index is -3.67. The summed E-state index contributed by atoms with van der Waals surface area (Å²) in [5.74, 6) is 0.00843. The SMILES string of the molecule is O=C1CSc2ccc(S(=O)(=O)N3CCC(C(=O)NCCc4ccccc4)CC3)cc2N1. The number of hydrogen-bond donors (Lipinski definition) is 2. The Morgan fingerprint density at radius 2 is 1.87 bits per heavy atom. The second kappa shape index (κ2) is 9.42. The third-order valence-corrected chi connectivity index (χ3v) is 8.57. The van der Waals surface area contributed by atoms with Crippen molar-refractivity contribution in [2.45, 2.75) is 29.1 Å². The summed E-state index contributed by atoms with van der Waals surface area (Å²) in [5.41, 5.74) is 1.71. The molecule has 0 atom stereocenters. The molecule has 4 rings (SSSR count). The van der Waals surface area contributed by atoms with Crippen molar-refractivity contribution in [1.29, 1.82) is 0 Å². The van der Waals surface area contributed by atoms with E-state index in [0.717, 1.165) is 11.3 Å². The first-order valence-electron chi connectivity index (χ1n) is 10.3. The highest BCUT2D eigenvalue weighted by molar-refractivity contribution is 8.00. The van der Waals surface area contributed by atoms with Crippen LogP contribution in [0.3, 0.4) is 0 Å². The van der Waals surface area contributed by atoms with Gasteiger partial charge in [-0.15, -0.1) is 11.8 Å². The lowest BCUT2D eigenvalue weighted by Crippen LogP contribution is -2.43. The molecule has 1 fully saturated rings. The van der Waals surface area contributed by atoms with E-state index in [1.807, 2.05) is 30.3 Å². The molecule has 1 saturated heterocycles. The fraction of sp³-hybridized carbons (Fsp3) is 0.364. The third-order valence-electron chi connectivity index (χ3n) is 5.60. The topological polar surface area (TPSA) is 95.6 Å². The van der Waals surface area contributed by atoms with Crippen LogP contribution in [-0.4, -0.2) is 49.9 Å². The van der Waals surface area contributed by atoms with Gasteiger partial charge in [0.05, 0.1) is 16.3 Å². The van der Waals surface area contributed by atoms with Gasteiger partial charge >= 0.3 is 0 Å². The van der Waals surface area contributed by atoms with Gasteiger partial charge in [-0.25, -0.2) is 8.42 Å². The summed E-state index contributed by atoms with van der Waals surface area (Å²) < 4.78 is 27.6. The van der Waals surface area contributed by atoms with Crippen molar-refractivity contribution >= 4 is 39.3 Å². The first-order valence-corrected chi connectivity index (χ1v) is 12.7. The number of nitrogens with zero attached hydrogens (tertiary/aromatic N) is 1. The van der Waals surface area contributed by atoms with E-state index in [2.05, 4.69) is 10.6 Å². The van der Waals surface area contributed by atoms with Crippen LogP contribution in [0.5, 0.6) is 0 Å². The number of amides is 2. The standard InChI is InChI=1S/C22H25N3O4S2/c26-21-15-30-20-7-6-18(14-19(20)24-21)31(28,29)25-12-9-17(10-13-25)22(27)23-11-8-16-4-2-1-3-5-16/h1-7,14,17H,8-13,15H2,(H,23,27)(H,24,26). The number of piperidine rings is 1. The van der Waals surface area contributed by atoms with Gasteiger partial charge in [0.15, 0.2) is 0 Å². The van der Waals surface area contributed by atoms with E-state index in [-0.39, 0.29) is 22.6 Å². The van der Waals surface area contributed by atoms with Crippen LogP contribution in [0.25, 0.3) is 0 Å². The van der Waals surface area contributed by atoms with E-state index in [0.29, 0.717) is 43.9 Å². The summed E-state index contributed by atoms with van der Waals surface area (Å²) in [4.78, 5) is 25.1. The van der Waals surface area contributed by atoms with E-state index >= 15 is 0 Å². The Hall–Kier alpha value is -2.36. The average Bonchev–Trinajstić information content (AvgIpc) is 2.79. The molecule has 2 N–H and O–H groups in total. The Bertz CT molecular complexity index is 1070. The summed E-state index contributed by atoms with van der Waals surface area (Å²) in [6.45, 7) is 1.18. The summed E-state index contributed by atoms with van der Waals surface area (Å²) in [7, 11) is -3.67. The Labute approximate surface area is 186 Å². The van der Waals surface area contributed by atoms with Crippen LogP contribution in [0.4, 0.5) is 5.69 Å². The number of carbonyl (C=O) groups excluding carboxylic acids is 2. The smallest absolute Gasteiger partial charge is 0.243 e. The van der Waals surface area contributed by atoms with E-state index in [4.69, 9.17) is 0 Å². The van der Waals surface area contributed by atoms with Gasteiger partial charge in [0.2, 0.25) is 21.8 Å². The molecular formula is C22H25N3O4S2. The largest absolute Gasteiger partial charge is 0.356 e. The summed E-state index contributed by atoms with van der Waals surface area (Å²) in [6.07, 6.45) is 1.76. The molecule has 0 radical (unpaired) electrons. The number of benzene rings is 2. The van der Waals surface area contributed by atoms with Gasteiger partial charge in [-0.05, 0) is 43.0 Å². The highest BCUT2D eigenvalue weighted by Crippen LogP contribution is 2.34. The Morgan fingerprint density at radius 3 is 2.61 bits per heavy atom. The third kappa shape index (κ3) is 5.11. The van der Waals surface area contributed by atoms with Gasteiger partial charge in [0.25, 0.3) is 0 Å². The number of hydrogen-bond acceptors (Lipinski definition) is 5. The molecule has 0 unspecified atom stereocenters. The lowest BCUT2D eigenvalue weighted by molar-refractivity contribution is -0.126. The van der Waals surface area contributed by atoms with Crippen LogP contribution in [-0.2, 0) is 26.0 Å². The van der Waals surface area contributed by atoms with Gasteiger partial charge in [0.1, 0.15) is 0 Å². The van der Waals surface area contributed by atoms with Crippen molar-refractivity contribution < 1.29 is 18.0 Å². The average molecular weight is 460 g/mol. The van der Waals surface area contributed by atoms with Crippen molar-refractivity contribution in [3.63, 3.8) is 0 Å². The van der Waals surface area contributed by atoms with Crippen LogP contribution < -0.4 is 10.6 Å². The van der Waals surface area contributed by atoms with Crippen LogP contribution in [0.15, 0.2) is 58.3 Å². The second-order valence-electron chi connectivity index (χ2n) is 7.70. The lowest BCUT2D eigenvalue weighted by Gasteiger charge is -2.31. The molecule has 7 nitrogen and oxygen atoms in total. The molecule has 9 heteroatoms. The molecule has 164 valence electrons. The molecule has 2 aliphatic rings. The molecule has 2 amide bonds. The molecule has 31 heavy (non-hydrogen) atoms. The molecule has 0 aromatic heterocycles. The number of thioether (sulfide) groups is 1. The van der Waals surface area contributed by atoms with Crippen molar-refractivity contribution in [3.8, 4) is 0 Å². The maximum Gasteiger partial charge on any atom is 0.243 e. The van der Waals surface area contributed by atoms with Crippen molar-refractivity contribution in [2.24, 2.45) is 5.92 Å². The molecule has 0 saturated carbocycles. The zero-order valence-corrected chi connectivity index (χ0v) is 18.7. The van der Waals surface area contributed by atoms with Gasteiger partial charge in [-0.3, -0.25) is 9.59 Å². The zero-order valence-electron chi connectivity index (χ0n) is 17.0. The maximum atomic E-state index is 13.1. The second-order valence-corrected chi connectivity index (χ2v) is 10.7. The number of fused-ring (bicyclic) bond motifs is 1. The molecular weight excluding hydrogens is 434 g/mol. The quantitative estimate of drug-likeness (QED) is 0.692. The fourth-order valence-electron chi connectivity index (χ4n) is 3.85. The minimum Gasteiger partial charge on any atom is -0.356 e. The Balaban J connectivity index is 1.32. The van der Waals surface area contributed by atoms with Gasteiger partial charge < -0.3 is 10.6 Å². The maximum absolute atomic E-state index is 13.1. The van der Waals surface area contributed by atoms with Crippen LogP contribution >= 0.6 is 11.8 Å². The number of nitrogens with one attached hydrogen (secondary N) is 2. The summed E-state index contributed by atoms with van der Waals surface area (Å²) in [6, 6.07) is 14.8. The number of anilines is 1. The number of carbonyl (C=O) groups is 2. The van der Waals surface area contributed by atoms with Crippen LogP contribution in [0, 0.1) is 5.92 Å². The molecule has 0 aliphatic carbocycles. The fourth-order valence-corrected chi connectivity index (χ4v) is 6.13. The number of rotatable bonds is 6. The molecule has 0 spiro atoms. The van der Waals surface area contributed by atoms with E-state index in [9.17, 15) is 18.0 Å². The minimum absolute atomic E-state index is 0.0125. The van der Waals surface area contributed by atoms with Crippen LogP contribution in [0.2, 0.25) is 0 Å². The highest BCUT2D eigenvalue weighted by Gasteiger charge is 2.32. The van der Waals surface area contributed by atoms with Gasteiger partial charge in [-0.1, -0.05) is 30.3 Å². The van der Waals surface area contributed by atoms with E-state index in [1.54, 1.807) is 12.1 Å². The van der Waals surface area contributed by atoms with E-state index < -0.39 is 10.0 Å². The van der Waals surface area contributed by atoms with Gasteiger partial charge in [0, 0.05) is 30.4 Å². The summed E-state index contributed by atoms with van der Waals surface area (Å²) >= 11 is 1.40. The highest BCUT2D eigenvalue weighted by atomic mass is 32.2. The normalized spacial score (nSPS) is 17.6. The molecule has 2 heterocycles. The Morgan fingerprint density at radius 1 is 1.13 bits per heavy atom. The van der Waals surface area contributed by atoms with Gasteiger partial charge in [-0.2, -0.15) is 4.31 Å². The monoisotopic (exact) mass is 459 g/mol. The molecule has 2 aliphatic heterocycles. The molecule has 2 aromatic rings. The zero-order chi connectivity index (χ0) is 21.8. The first kappa shape index (κ1) is 21.9. The van der Waals surface area contributed by atoms with Crippen molar-refractivity contribution in [2.75, 3.05) is 30.7 Å². The van der Waals surface area contributed by atoms with Crippen LogP contribution in [0.1, 0.15) is 18.4 Å². The Kier molecular flexibility index (Phi) is 6.64. The predicted octanol–water partition coefficient (Wildman–Crippen LogP) is 2.49. The predicted molar refractivity (Wildman–Crippen MR) is 120 cm³/mol. The van der Waals surface area contributed by atoms with Crippen molar-refractivity contribution in [3.05, 3.63) is 54.1 Å². The van der Waals surface area contributed by atoms with E-state index in [1.165, 1.54) is 27.7 Å².